The average molecular weight is 280 g/mol. The molecule has 16 heavy (non-hydrogen) atoms. The molecule has 1 heterocycles. The number of aromatic nitrogens is 1. The topological polar surface area (TPSA) is 24.1 Å². The van der Waals surface area contributed by atoms with Crippen LogP contribution in [-0.4, -0.2) is 5.11 Å². The summed E-state index contributed by atoms with van der Waals surface area (Å²) in [6.07, 6.45) is 1.78. The Morgan fingerprint density at radius 3 is 2.75 bits per heavy atom. The molecule has 0 spiro atoms. The molecule has 1 aromatic carbocycles. The summed E-state index contributed by atoms with van der Waals surface area (Å²) < 4.78 is 1.84. The van der Waals surface area contributed by atoms with Crippen LogP contribution >= 0.6 is 0 Å². The van der Waals surface area contributed by atoms with Crippen molar-refractivity contribution in [2.24, 2.45) is 0 Å². The summed E-state index contributed by atoms with van der Waals surface area (Å²) in [4.78, 5) is 0. The molecule has 0 unspecified atom stereocenters. The molecule has 0 radical (unpaired) electrons. The van der Waals surface area contributed by atoms with Crippen molar-refractivity contribution < 1.29 is 26.7 Å². The number of hydrogen-bond donors (Lipinski definition) is 1. The first-order valence-corrected chi connectivity index (χ1v) is 4.95. The minimum atomic E-state index is 0. The minimum absolute atomic E-state index is 0. The van der Waals surface area contributed by atoms with E-state index >= 15 is 0 Å². The van der Waals surface area contributed by atoms with Crippen LogP contribution in [0.5, 0.6) is 5.88 Å². The number of nitrogens with zero attached hydrogens (tertiary/aromatic N) is 1. The standard InChI is InChI=1S/C13H13NO.BrH/c1-3-8-14-12-6-4-10(2)9-11(12)5-7-13(14)15;/h3-7,9H,1,8H2,2H3;1H. The fourth-order valence-corrected chi connectivity index (χ4v) is 1.75. The fourth-order valence-electron chi connectivity index (χ4n) is 1.75. The molecule has 1 N–H and O–H groups in total. The number of aromatic hydroxyl groups is 1. The van der Waals surface area contributed by atoms with Crippen molar-refractivity contribution in [1.29, 1.82) is 0 Å². The Labute approximate surface area is 106 Å². The predicted molar refractivity (Wildman–Crippen MR) is 60.7 cm³/mol. The maximum Gasteiger partial charge on any atom is 0.366 e. The van der Waals surface area contributed by atoms with Gasteiger partial charge in [-0.25, -0.2) is 0 Å². The molecule has 0 atom stereocenters. The normalized spacial score (nSPS) is 9.81. The zero-order valence-electron chi connectivity index (χ0n) is 9.15. The van der Waals surface area contributed by atoms with E-state index in [4.69, 9.17) is 0 Å². The van der Waals surface area contributed by atoms with Gasteiger partial charge in [-0.1, -0.05) is 18.2 Å². The van der Waals surface area contributed by atoms with Crippen molar-refractivity contribution >= 4 is 10.9 Å². The third kappa shape index (κ3) is 2.25. The Morgan fingerprint density at radius 2 is 2.06 bits per heavy atom. The van der Waals surface area contributed by atoms with Gasteiger partial charge in [0.2, 0.25) is 5.52 Å². The van der Waals surface area contributed by atoms with Crippen LogP contribution in [-0.2, 0) is 6.54 Å². The van der Waals surface area contributed by atoms with Crippen molar-refractivity contribution in [3.8, 4) is 5.88 Å². The summed E-state index contributed by atoms with van der Waals surface area (Å²) in [6.45, 7) is 6.37. The molecule has 0 fully saturated rings. The van der Waals surface area contributed by atoms with E-state index in [1.165, 1.54) is 5.56 Å². The Hall–Kier alpha value is -1.35. The van der Waals surface area contributed by atoms with Gasteiger partial charge in [0.25, 0.3) is 0 Å². The molecule has 0 bridgehead atoms. The molecular formula is C13H14BrNO. The van der Waals surface area contributed by atoms with Crippen LogP contribution in [0.1, 0.15) is 5.56 Å². The first-order chi connectivity index (χ1) is 7.22. The maximum absolute atomic E-state index is 9.72. The van der Waals surface area contributed by atoms with Gasteiger partial charge >= 0.3 is 5.88 Å². The van der Waals surface area contributed by atoms with Crippen LogP contribution in [0.15, 0.2) is 43.0 Å². The second-order valence-electron chi connectivity index (χ2n) is 3.65. The van der Waals surface area contributed by atoms with Gasteiger partial charge in [0.15, 0.2) is 6.54 Å². The highest BCUT2D eigenvalue weighted by Gasteiger charge is 2.12. The molecule has 0 aliphatic rings. The van der Waals surface area contributed by atoms with E-state index in [-0.39, 0.29) is 22.9 Å². The highest BCUT2D eigenvalue weighted by molar-refractivity contribution is 5.76. The van der Waals surface area contributed by atoms with Crippen LogP contribution in [0.4, 0.5) is 0 Å². The van der Waals surface area contributed by atoms with Crippen molar-refractivity contribution in [1.82, 2.24) is 0 Å². The Morgan fingerprint density at radius 1 is 1.31 bits per heavy atom. The third-order valence-corrected chi connectivity index (χ3v) is 2.47. The summed E-state index contributed by atoms with van der Waals surface area (Å²) in [5.74, 6) is 0.270. The monoisotopic (exact) mass is 279 g/mol. The summed E-state index contributed by atoms with van der Waals surface area (Å²) >= 11 is 0. The average Bonchev–Trinajstić information content (AvgIpc) is 2.22. The molecule has 2 nitrogen and oxygen atoms in total. The van der Waals surface area contributed by atoms with Crippen molar-refractivity contribution in [3.05, 3.63) is 48.6 Å². The van der Waals surface area contributed by atoms with E-state index in [1.54, 1.807) is 12.1 Å². The first-order valence-electron chi connectivity index (χ1n) is 4.95. The number of halogens is 1. The molecule has 0 aliphatic carbocycles. The minimum Gasteiger partial charge on any atom is -1.00 e. The SMILES string of the molecule is C=CC[n+]1c(O)ccc2cc(C)ccc21.[Br-]. The molecule has 0 aliphatic heterocycles. The van der Waals surface area contributed by atoms with Crippen molar-refractivity contribution in [2.75, 3.05) is 0 Å². The van der Waals surface area contributed by atoms with Gasteiger partial charge in [-0.05, 0) is 25.1 Å². The summed E-state index contributed by atoms with van der Waals surface area (Å²) in [5, 5.41) is 10.9. The molecule has 0 saturated carbocycles. The zero-order chi connectivity index (χ0) is 10.8. The number of pyridine rings is 1. The summed E-state index contributed by atoms with van der Waals surface area (Å²) in [5.41, 5.74) is 2.25. The molecule has 84 valence electrons. The number of fused-ring (bicyclic) bond motifs is 1. The van der Waals surface area contributed by atoms with E-state index in [2.05, 4.69) is 19.6 Å². The molecule has 2 aromatic rings. The zero-order valence-corrected chi connectivity index (χ0v) is 10.7. The fraction of sp³-hybridized carbons (Fsp3) is 0.154. The highest BCUT2D eigenvalue weighted by atomic mass is 79.9. The second-order valence-corrected chi connectivity index (χ2v) is 3.65. The Balaban J connectivity index is 0.00000128. The van der Waals surface area contributed by atoms with Crippen molar-refractivity contribution in [2.45, 2.75) is 13.5 Å². The van der Waals surface area contributed by atoms with Gasteiger partial charge in [-0.15, -0.1) is 0 Å². The molecule has 2 rings (SSSR count). The van der Waals surface area contributed by atoms with E-state index in [9.17, 15) is 5.11 Å². The molecule has 0 amide bonds. The highest BCUT2D eigenvalue weighted by Crippen LogP contribution is 2.15. The number of aryl methyl sites for hydroxylation is 1. The number of benzene rings is 1. The molecule has 1 aromatic heterocycles. The number of hydrogen-bond acceptors (Lipinski definition) is 1. The first kappa shape index (κ1) is 12.7. The van der Waals surface area contributed by atoms with E-state index < -0.39 is 0 Å². The van der Waals surface area contributed by atoms with Gasteiger partial charge in [0.1, 0.15) is 0 Å². The molecule has 0 saturated heterocycles. The van der Waals surface area contributed by atoms with E-state index in [0.717, 1.165) is 10.9 Å². The van der Waals surface area contributed by atoms with Crippen LogP contribution in [0, 0.1) is 6.92 Å². The van der Waals surface area contributed by atoms with Gasteiger partial charge in [-0.3, -0.25) is 0 Å². The maximum atomic E-state index is 9.72. The lowest BCUT2D eigenvalue weighted by molar-refractivity contribution is -0.667. The van der Waals surface area contributed by atoms with Crippen LogP contribution in [0.3, 0.4) is 0 Å². The van der Waals surface area contributed by atoms with Crippen LogP contribution < -0.4 is 21.5 Å². The van der Waals surface area contributed by atoms with Crippen LogP contribution in [0.2, 0.25) is 0 Å². The van der Waals surface area contributed by atoms with Gasteiger partial charge in [0.05, 0.1) is 6.07 Å². The number of rotatable bonds is 2. The van der Waals surface area contributed by atoms with E-state index in [1.807, 2.05) is 22.8 Å². The lowest BCUT2D eigenvalue weighted by Crippen LogP contribution is -3.00. The largest absolute Gasteiger partial charge is 1.00 e. The van der Waals surface area contributed by atoms with Crippen LogP contribution in [0.25, 0.3) is 10.9 Å². The van der Waals surface area contributed by atoms with E-state index in [0.29, 0.717) is 6.54 Å². The Kier molecular flexibility index (Phi) is 4.07. The summed E-state index contributed by atoms with van der Waals surface area (Å²) in [7, 11) is 0. The third-order valence-electron chi connectivity index (χ3n) is 2.47. The Bertz CT molecular complexity index is 523. The lowest BCUT2D eigenvalue weighted by Gasteiger charge is -2.01. The van der Waals surface area contributed by atoms with Gasteiger partial charge < -0.3 is 22.1 Å². The predicted octanol–water partition coefficient (Wildman–Crippen LogP) is -0.669. The summed E-state index contributed by atoms with van der Waals surface area (Å²) in [6, 6.07) is 9.81. The second kappa shape index (κ2) is 5.12. The van der Waals surface area contributed by atoms with Gasteiger partial charge in [0, 0.05) is 11.5 Å². The molecule has 3 heteroatoms. The van der Waals surface area contributed by atoms with Crippen molar-refractivity contribution in [3.63, 3.8) is 0 Å². The quantitative estimate of drug-likeness (QED) is 0.573. The lowest BCUT2D eigenvalue weighted by atomic mass is 10.1. The smallest absolute Gasteiger partial charge is 0.366 e. The molecular weight excluding hydrogens is 266 g/mol. The number of allylic oxidation sites excluding steroid dienone is 1. The van der Waals surface area contributed by atoms with Gasteiger partial charge in [-0.2, -0.15) is 4.57 Å².